The predicted molar refractivity (Wildman–Crippen MR) is 81.1 cm³/mol. The van der Waals surface area contributed by atoms with E-state index in [1.54, 1.807) is 14.2 Å². The zero-order valence-corrected chi connectivity index (χ0v) is 14.7. The van der Waals surface area contributed by atoms with Crippen molar-refractivity contribution in [2.24, 2.45) is 0 Å². The van der Waals surface area contributed by atoms with Crippen LogP contribution in [0, 0.1) is 0 Å². The van der Waals surface area contributed by atoms with E-state index in [0.29, 0.717) is 21.7 Å². The van der Waals surface area contributed by atoms with E-state index in [-0.39, 0.29) is 0 Å². The normalized spacial score (nSPS) is 11.2. The number of carbonyl (C=O) groups excluding carboxylic acids is 1. The molecule has 0 spiro atoms. The molecule has 0 radical (unpaired) electrons. The number of carbonyl (C=O) groups is 1. The van der Waals surface area contributed by atoms with Crippen LogP contribution < -0.4 is 9.47 Å². The average Bonchev–Trinajstić information content (AvgIpc) is 2.48. The fourth-order valence-electron chi connectivity index (χ4n) is 2.57. The van der Waals surface area contributed by atoms with Crippen LogP contribution in [-0.4, -0.2) is 32.1 Å². The third kappa shape index (κ3) is 2.96. The molecule has 0 aliphatic carbocycles. The molecule has 3 nitrogen and oxygen atoms in total. The molecular weight excluding hydrogens is 301 g/mol. The summed E-state index contributed by atoms with van der Waals surface area (Å²) < 4.78 is 11.0. The van der Waals surface area contributed by atoms with Crippen LogP contribution in [0.4, 0.5) is 0 Å². The van der Waals surface area contributed by atoms with Gasteiger partial charge in [0.1, 0.15) is 0 Å². The van der Waals surface area contributed by atoms with E-state index < -0.39 is 13.3 Å². The number of hydrogen-bond donors (Lipinski definition) is 0. The molecular formula is C15H24GeO3. The van der Waals surface area contributed by atoms with Gasteiger partial charge < -0.3 is 0 Å². The summed E-state index contributed by atoms with van der Waals surface area (Å²) in [5.41, 5.74) is 0.651. The van der Waals surface area contributed by atoms with Crippen molar-refractivity contribution in [1.82, 2.24) is 0 Å². The van der Waals surface area contributed by atoms with Gasteiger partial charge in [-0.2, -0.15) is 0 Å². The first-order valence-electron chi connectivity index (χ1n) is 6.85. The molecule has 0 fully saturated rings. The van der Waals surface area contributed by atoms with E-state index in [4.69, 9.17) is 9.47 Å². The molecule has 0 atom stereocenters. The third-order valence-electron chi connectivity index (χ3n) is 4.17. The Labute approximate surface area is 118 Å². The monoisotopic (exact) mass is 326 g/mol. The summed E-state index contributed by atoms with van der Waals surface area (Å²) in [6, 6.07) is 5.53. The SMILES string of the molecule is C[CH2][Ge]([CH2]C)([CH2]C)[C](=O)c1c(OC)cccc1OC. The Bertz CT molecular complexity index is 409. The Morgan fingerprint density at radius 2 is 1.42 bits per heavy atom. The van der Waals surface area contributed by atoms with Gasteiger partial charge in [0.25, 0.3) is 0 Å². The zero-order valence-electron chi connectivity index (χ0n) is 12.6. The molecule has 0 amide bonds. The average molecular weight is 325 g/mol. The molecule has 0 bridgehead atoms. The maximum atomic E-state index is 13.0. The van der Waals surface area contributed by atoms with Crippen LogP contribution >= 0.6 is 0 Å². The fraction of sp³-hybridized carbons (Fsp3) is 0.533. The third-order valence-corrected chi connectivity index (χ3v) is 15.2. The van der Waals surface area contributed by atoms with Gasteiger partial charge in [-0.15, -0.1) is 0 Å². The molecule has 106 valence electrons. The van der Waals surface area contributed by atoms with Crippen LogP contribution in [0.5, 0.6) is 11.5 Å². The molecule has 0 unspecified atom stereocenters. The number of methoxy groups -OCH3 is 2. The van der Waals surface area contributed by atoms with E-state index in [1.165, 1.54) is 0 Å². The summed E-state index contributed by atoms with van der Waals surface area (Å²) in [7, 11) is 3.20. The zero-order chi connectivity index (χ0) is 14.5. The first-order valence-corrected chi connectivity index (χ1v) is 12.4. The second-order valence-corrected chi connectivity index (χ2v) is 15.5. The summed E-state index contributed by atoms with van der Waals surface area (Å²) in [5.74, 6) is 1.27. The first kappa shape index (κ1) is 16.1. The summed E-state index contributed by atoms with van der Waals surface area (Å²) in [6.45, 7) is 6.44. The van der Waals surface area contributed by atoms with Gasteiger partial charge in [0, 0.05) is 0 Å². The standard InChI is InChI=1S/C15H24GeO3/c1-6-16(7-2,8-3)15(17)14-12(18-4)10-9-11-13(14)19-5/h9-11H,6-8H2,1-5H3. The predicted octanol–water partition coefficient (Wildman–Crippen LogP) is 3.93. The summed E-state index contributed by atoms with van der Waals surface area (Å²) in [6.07, 6.45) is 0. The molecule has 1 aromatic rings. The van der Waals surface area contributed by atoms with Crippen molar-refractivity contribution in [3.63, 3.8) is 0 Å². The van der Waals surface area contributed by atoms with Gasteiger partial charge in [0.05, 0.1) is 0 Å². The second kappa shape index (κ2) is 6.99. The summed E-state index contributed by atoms with van der Waals surface area (Å²) in [4.78, 5) is 13.0. The molecule has 0 aromatic heterocycles. The van der Waals surface area contributed by atoms with Gasteiger partial charge in [-0.1, -0.05) is 0 Å². The molecule has 0 N–H and O–H groups in total. The van der Waals surface area contributed by atoms with Gasteiger partial charge in [0.15, 0.2) is 0 Å². The number of ether oxygens (including phenoxy) is 2. The topological polar surface area (TPSA) is 35.5 Å². The Balaban J connectivity index is 3.39. The van der Waals surface area contributed by atoms with E-state index in [1.807, 2.05) is 18.2 Å². The summed E-state index contributed by atoms with van der Waals surface area (Å²) in [5, 5.41) is 3.02. The van der Waals surface area contributed by atoms with Crippen molar-refractivity contribution in [3.05, 3.63) is 23.8 Å². The molecule has 0 saturated heterocycles. The molecule has 19 heavy (non-hydrogen) atoms. The first-order chi connectivity index (χ1) is 9.10. The minimum atomic E-state index is -2.52. The molecule has 0 aliphatic rings. The van der Waals surface area contributed by atoms with Crippen LogP contribution in [0.3, 0.4) is 0 Å². The molecule has 1 rings (SSSR count). The van der Waals surface area contributed by atoms with Crippen molar-refractivity contribution in [2.75, 3.05) is 14.2 Å². The van der Waals surface area contributed by atoms with Crippen molar-refractivity contribution < 1.29 is 14.3 Å². The molecule has 0 heterocycles. The Kier molecular flexibility index (Phi) is 5.92. The van der Waals surface area contributed by atoms with Crippen molar-refractivity contribution >= 4 is 17.9 Å². The van der Waals surface area contributed by atoms with Gasteiger partial charge in [-0.25, -0.2) is 0 Å². The van der Waals surface area contributed by atoms with Crippen molar-refractivity contribution in [1.29, 1.82) is 0 Å². The molecule has 1 aromatic carbocycles. The molecule has 0 aliphatic heterocycles. The fourth-order valence-corrected chi connectivity index (χ4v) is 9.37. The Morgan fingerprint density at radius 1 is 1.00 bits per heavy atom. The van der Waals surface area contributed by atoms with Gasteiger partial charge in [-0.3, -0.25) is 0 Å². The Hall–Kier alpha value is -0.967. The van der Waals surface area contributed by atoms with Crippen LogP contribution in [0.1, 0.15) is 31.1 Å². The van der Waals surface area contributed by atoms with Crippen molar-refractivity contribution in [2.45, 2.75) is 36.5 Å². The van der Waals surface area contributed by atoms with Gasteiger partial charge >= 0.3 is 118 Å². The van der Waals surface area contributed by atoms with E-state index in [2.05, 4.69) is 20.8 Å². The molecule has 0 saturated carbocycles. The van der Waals surface area contributed by atoms with Crippen LogP contribution in [-0.2, 0) is 0 Å². The maximum absolute atomic E-state index is 13.0. The second-order valence-electron chi connectivity index (χ2n) is 4.71. The quantitative estimate of drug-likeness (QED) is 0.713. The van der Waals surface area contributed by atoms with Crippen LogP contribution in [0.25, 0.3) is 0 Å². The van der Waals surface area contributed by atoms with Gasteiger partial charge in [-0.05, 0) is 0 Å². The van der Waals surface area contributed by atoms with Gasteiger partial charge in [0.2, 0.25) is 0 Å². The summed E-state index contributed by atoms with van der Waals surface area (Å²) >= 11 is -2.52. The minimum absolute atomic E-state index is 0.307. The van der Waals surface area contributed by atoms with E-state index in [9.17, 15) is 4.79 Å². The number of rotatable bonds is 7. The van der Waals surface area contributed by atoms with Crippen LogP contribution in [0.2, 0.25) is 15.8 Å². The number of hydrogen-bond acceptors (Lipinski definition) is 3. The Morgan fingerprint density at radius 3 is 1.74 bits per heavy atom. The van der Waals surface area contributed by atoms with Crippen molar-refractivity contribution in [3.8, 4) is 11.5 Å². The van der Waals surface area contributed by atoms with Crippen LogP contribution in [0.15, 0.2) is 18.2 Å². The molecule has 4 heteroatoms. The number of benzene rings is 1. The van der Waals surface area contributed by atoms with E-state index >= 15 is 0 Å². The van der Waals surface area contributed by atoms with E-state index in [0.717, 1.165) is 15.8 Å².